The molecule has 0 radical (unpaired) electrons. The fraction of sp³-hybridized carbons (Fsp3) is 0.600. The summed E-state index contributed by atoms with van der Waals surface area (Å²) in [7, 11) is 0. The zero-order valence-electron chi connectivity index (χ0n) is 10.8. The van der Waals surface area contributed by atoms with E-state index < -0.39 is 0 Å². The molecule has 0 aromatic heterocycles. The molecule has 1 saturated carbocycles. The van der Waals surface area contributed by atoms with E-state index in [0.29, 0.717) is 0 Å². The molecule has 2 nitrogen and oxygen atoms in total. The summed E-state index contributed by atoms with van der Waals surface area (Å²) in [5, 5.41) is 4.44. The molecule has 1 aliphatic heterocycles. The van der Waals surface area contributed by atoms with Crippen molar-refractivity contribution in [2.75, 3.05) is 18.0 Å². The van der Waals surface area contributed by atoms with Crippen molar-refractivity contribution in [1.82, 2.24) is 5.32 Å². The van der Waals surface area contributed by atoms with Crippen LogP contribution >= 0.6 is 11.6 Å². The molecular formula is C15H21ClN2. The van der Waals surface area contributed by atoms with Crippen molar-refractivity contribution in [3.63, 3.8) is 0 Å². The van der Waals surface area contributed by atoms with Crippen LogP contribution in [-0.4, -0.2) is 19.1 Å². The van der Waals surface area contributed by atoms with Crippen LogP contribution in [0.1, 0.15) is 37.7 Å². The Bertz CT molecular complexity index is 409. The molecule has 18 heavy (non-hydrogen) atoms. The summed E-state index contributed by atoms with van der Waals surface area (Å²) in [5.41, 5.74) is 2.74. The third kappa shape index (κ3) is 2.99. The predicted molar refractivity (Wildman–Crippen MR) is 77.4 cm³/mol. The predicted octanol–water partition coefficient (Wildman–Crippen LogP) is 3.58. The van der Waals surface area contributed by atoms with Gasteiger partial charge in [0.05, 0.1) is 0 Å². The normalized spacial score (nSPS) is 20.2. The summed E-state index contributed by atoms with van der Waals surface area (Å²) < 4.78 is 0. The highest BCUT2D eigenvalue weighted by Crippen LogP contribution is 2.28. The van der Waals surface area contributed by atoms with E-state index in [2.05, 4.69) is 22.3 Å². The average molecular weight is 265 g/mol. The molecule has 0 bridgehead atoms. The van der Waals surface area contributed by atoms with Crippen LogP contribution in [0.3, 0.4) is 0 Å². The van der Waals surface area contributed by atoms with Crippen molar-refractivity contribution < 1.29 is 0 Å². The lowest BCUT2D eigenvalue weighted by Gasteiger charge is -2.31. The standard InChI is InChI=1S/C15H21ClN2/c16-13-4-7-15(18-8-2-1-3-9-18)12(10-13)11-17-14-5-6-14/h4,7,10,14,17H,1-3,5-6,8-9,11H2. The number of halogens is 1. The first-order valence-corrected chi connectivity index (χ1v) is 7.47. The summed E-state index contributed by atoms with van der Waals surface area (Å²) in [6.45, 7) is 3.34. The van der Waals surface area contributed by atoms with Gasteiger partial charge in [-0.3, -0.25) is 0 Å². The van der Waals surface area contributed by atoms with E-state index >= 15 is 0 Å². The summed E-state index contributed by atoms with van der Waals surface area (Å²) in [5.74, 6) is 0. The number of rotatable bonds is 4. The maximum Gasteiger partial charge on any atom is 0.0412 e. The fourth-order valence-electron chi connectivity index (χ4n) is 2.68. The van der Waals surface area contributed by atoms with E-state index in [1.165, 1.54) is 56.4 Å². The first kappa shape index (κ1) is 12.3. The first-order chi connectivity index (χ1) is 8.83. The van der Waals surface area contributed by atoms with Crippen molar-refractivity contribution in [2.24, 2.45) is 0 Å². The minimum absolute atomic E-state index is 0.748. The average Bonchev–Trinajstić information content (AvgIpc) is 3.21. The minimum atomic E-state index is 0.748. The Balaban J connectivity index is 1.76. The largest absolute Gasteiger partial charge is 0.371 e. The van der Waals surface area contributed by atoms with Crippen molar-refractivity contribution in [1.29, 1.82) is 0 Å². The summed E-state index contributed by atoms with van der Waals surface area (Å²) in [6, 6.07) is 7.09. The van der Waals surface area contributed by atoms with Gasteiger partial charge in [-0.2, -0.15) is 0 Å². The second-order valence-corrected chi connectivity index (χ2v) is 5.91. The van der Waals surface area contributed by atoms with Crippen LogP contribution in [0.5, 0.6) is 0 Å². The molecule has 3 rings (SSSR count). The third-order valence-electron chi connectivity index (χ3n) is 3.90. The van der Waals surface area contributed by atoms with Gasteiger partial charge in [0.15, 0.2) is 0 Å². The summed E-state index contributed by atoms with van der Waals surface area (Å²) in [6.07, 6.45) is 6.68. The van der Waals surface area contributed by atoms with Gasteiger partial charge in [0.2, 0.25) is 0 Å². The van der Waals surface area contributed by atoms with Crippen LogP contribution in [0.15, 0.2) is 18.2 Å². The van der Waals surface area contributed by atoms with E-state index in [0.717, 1.165) is 17.6 Å². The fourth-order valence-corrected chi connectivity index (χ4v) is 2.88. The molecule has 0 amide bonds. The van der Waals surface area contributed by atoms with Crippen LogP contribution in [0.25, 0.3) is 0 Å². The first-order valence-electron chi connectivity index (χ1n) is 7.10. The Morgan fingerprint density at radius 2 is 1.94 bits per heavy atom. The molecule has 1 aliphatic carbocycles. The molecule has 2 aliphatic rings. The van der Waals surface area contributed by atoms with Crippen LogP contribution in [-0.2, 0) is 6.54 Å². The smallest absolute Gasteiger partial charge is 0.0412 e. The van der Waals surface area contributed by atoms with Gasteiger partial charge in [-0.25, -0.2) is 0 Å². The number of anilines is 1. The van der Waals surface area contributed by atoms with E-state index in [1.807, 2.05) is 6.07 Å². The van der Waals surface area contributed by atoms with Gasteiger partial charge in [-0.15, -0.1) is 0 Å². The molecule has 1 heterocycles. The lowest BCUT2D eigenvalue weighted by atomic mass is 10.1. The highest BCUT2D eigenvalue weighted by molar-refractivity contribution is 6.30. The highest BCUT2D eigenvalue weighted by atomic mass is 35.5. The minimum Gasteiger partial charge on any atom is -0.371 e. The Morgan fingerprint density at radius 3 is 2.67 bits per heavy atom. The summed E-state index contributed by atoms with van der Waals surface area (Å²) in [4.78, 5) is 2.52. The topological polar surface area (TPSA) is 15.3 Å². The summed E-state index contributed by atoms with van der Waals surface area (Å²) >= 11 is 6.14. The van der Waals surface area contributed by atoms with Crippen molar-refractivity contribution in [3.8, 4) is 0 Å². The van der Waals surface area contributed by atoms with Gasteiger partial charge >= 0.3 is 0 Å². The molecular weight excluding hydrogens is 244 g/mol. The highest BCUT2D eigenvalue weighted by Gasteiger charge is 2.21. The van der Waals surface area contributed by atoms with Crippen molar-refractivity contribution in [3.05, 3.63) is 28.8 Å². The maximum absolute atomic E-state index is 6.14. The lowest BCUT2D eigenvalue weighted by Crippen LogP contribution is -2.31. The second kappa shape index (κ2) is 5.50. The molecule has 0 atom stereocenters. The van der Waals surface area contributed by atoms with Gasteiger partial charge in [0.25, 0.3) is 0 Å². The van der Waals surface area contributed by atoms with Gasteiger partial charge in [0.1, 0.15) is 0 Å². The number of nitrogens with zero attached hydrogens (tertiary/aromatic N) is 1. The molecule has 3 heteroatoms. The van der Waals surface area contributed by atoms with Crippen LogP contribution in [0.2, 0.25) is 5.02 Å². The zero-order valence-corrected chi connectivity index (χ0v) is 11.5. The molecule has 1 aromatic rings. The molecule has 0 spiro atoms. The Kier molecular flexibility index (Phi) is 3.76. The third-order valence-corrected chi connectivity index (χ3v) is 4.13. The van der Waals surface area contributed by atoms with E-state index in [9.17, 15) is 0 Å². The number of nitrogens with one attached hydrogen (secondary N) is 1. The van der Waals surface area contributed by atoms with Crippen LogP contribution in [0, 0.1) is 0 Å². The van der Waals surface area contributed by atoms with Gasteiger partial charge < -0.3 is 10.2 Å². The van der Waals surface area contributed by atoms with Crippen molar-refractivity contribution >= 4 is 17.3 Å². The zero-order chi connectivity index (χ0) is 12.4. The molecule has 1 aromatic carbocycles. The van der Waals surface area contributed by atoms with Gasteiger partial charge in [0, 0.05) is 36.4 Å². The molecule has 1 saturated heterocycles. The number of benzene rings is 1. The Hall–Kier alpha value is -0.730. The van der Waals surface area contributed by atoms with E-state index in [1.54, 1.807) is 0 Å². The Morgan fingerprint density at radius 1 is 1.17 bits per heavy atom. The quantitative estimate of drug-likeness (QED) is 0.894. The SMILES string of the molecule is Clc1ccc(N2CCCCC2)c(CNC2CC2)c1. The van der Waals surface area contributed by atoms with Gasteiger partial charge in [-0.1, -0.05) is 11.6 Å². The molecule has 2 fully saturated rings. The van der Waals surface area contributed by atoms with E-state index in [4.69, 9.17) is 11.6 Å². The number of hydrogen-bond donors (Lipinski definition) is 1. The molecule has 1 N–H and O–H groups in total. The van der Waals surface area contributed by atoms with Gasteiger partial charge in [-0.05, 0) is 55.9 Å². The maximum atomic E-state index is 6.14. The monoisotopic (exact) mass is 264 g/mol. The Labute approximate surface area is 114 Å². The molecule has 0 unspecified atom stereocenters. The lowest BCUT2D eigenvalue weighted by molar-refractivity contribution is 0.574. The van der Waals surface area contributed by atoms with Crippen LogP contribution < -0.4 is 10.2 Å². The van der Waals surface area contributed by atoms with Crippen LogP contribution in [0.4, 0.5) is 5.69 Å². The van der Waals surface area contributed by atoms with Crippen molar-refractivity contribution in [2.45, 2.75) is 44.7 Å². The molecule has 98 valence electrons. The second-order valence-electron chi connectivity index (χ2n) is 5.48. The number of piperidine rings is 1. The van der Waals surface area contributed by atoms with E-state index in [-0.39, 0.29) is 0 Å². The number of hydrogen-bond acceptors (Lipinski definition) is 2.